The average molecular weight is 419 g/mol. The van der Waals surface area contributed by atoms with E-state index in [1.54, 1.807) is 23.6 Å². The lowest BCUT2D eigenvalue weighted by Crippen LogP contribution is -2.17. The van der Waals surface area contributed by atoms with Crippen LogP contribution < -0.4 is 18.9 Å². The van der Waals surface area contributed by atoms with Crippen LogP contribution in [0.2, 0.25) is 0 Å². The minimum atomic E-state index is -4.76. The molecule has 3 aromatic rings. The molecule has 4 rings (SSSR count). The zero-order valence-corrected chi connectivity index (χ0v) is 15.5. The van der Waals surface area contributed by atoms with Gasteiger partial charge in [-0.2, -0.15) is 5.26 Å². The molecule has 148 valence electrons. The molecule has 2 heterocycles. The number of hydrogen-bond acceptors (Lipinski definition) is 6. The molecule has 0 spiro atoms. The van der Waals surface area contributed by atoms with Gasteiger partial charge in [0, 0.05) is 10.9 Å². The van der Waals surface area contributed by atoms with Gasteiger partial charge in [0.15, 0.2) is 16.6 Å². The van der Waals surface area contributed by atoms with Crippen LogP contribution in [0.25, 0.3) is 11.1 Å². The van der Waals surface area contributed by atoms with Crippen molar-refractivity contribution in [3.05, 3.63) is 59.0 Å². The van der Waals surface area contributed by atoms with E-state index in [0.29, 0.717) is 33.3 Å². The van der Waals surface area contributed by atoms with Gasteiger partial charge in [-0.25, -0.2) is 0 Å². The van der Waals surface area contributed by atoms with Crippen molar-refractivity contribution in [2.45, 2.75) is 13.0 Å². The van der Waals surface area contributed by atoms with Gasteiger partial charge >= 0.3 is 6.36 Å². The molecule has 0 fully saturated rings. The van der Waals surface area contributed by atoms with Gasteiger partial charge in [-0.15, -0.1) is 24.5 Å². The molecule has 0 N–H and O–H groups in total. The summed E-state index contributed by atoms with van der Waals surface area (Å²) in [5.74, 6) is 0.910. The van der Waals surface area contributed by atoms with Crippen molar-refractivity contribution >= 4 is 11.3 Å². The Balaban J connectivity index is 1.52. The molecule has 0 bridgehead atoms. The minimum Gasteiger partial charge on any atom is -0.478 e. The molecular formula is C20H12F3NO4S. The summed E-state index contributed by atoms with van der Waals surface area (Å²) < 4.78 is 57.4. The van der Waals surface area contributed by atoms with Crippen LogP contribution in [0.4, 0.5) is 13.2 Å². The lowest BCUT2D eigenvalue weighted by molar-refractivity contribution is -0.274. The summed E-state index contributed by atoms with van der Waals surface area (Å²) in [6.07, 6.45) is -4.76. The zero-order chi connectivity index (χ0) is 20.4. The predicted molar refractivity (Wildman–Crippen MR) is 98.1 cm³/mol. The minimum absolute atomic E-state index is 0.00910. The summed E-state index contributed by atoms with van der Waals surface area (Å²) in [4.78, 5) is 0. The Morgan fingerprint density at radius 2 is 1.93 bits per heavy atom. The maximum Gasteiger partial charge on any atom is 0.573 e. The lowest BCUT2D eigenvalue weighted by Gasteiger charge is -2.10. The number of fused-ring (bicyclic) bond motifs is 1. The number of nitriles is 1. The Morgan fingerprint density at radius 1 is 1.10 bits per heavy atom. The van der Waals surface area contributed by atoms with Crippen molar-refractivity contribution in [1.29, 1.82) is 5.26 Å². The second kappa shape index (κ2) is 7.56. The molecule has 5 nitrogen and oxygen atoms in total. The van der Waals surface area contributed by atoms with Crippen molar-refractivity contribution < 1.29 is 32.1 Å². The monoisotopic (exact) mass is 419 g/mol. The molecule has 1 aromatic heterocycles. The number of ether oxygens (including phenoxy) is 4. The Morgan fingerprint density at radius 3 is 2.72 bits per heavy atom. The highest BCUT2D eigenvalue weighted by Gasteiger charge is 2.31. The Hall–Kier alpha value is -3.38. The fourth-order valence-corrected chi connectivity index (χ4v) is 3.69. The topological polar surface area (TPSA) is 60.7 Å². The molecule has 0 radical (unpaired) electrons. The first-order valence-corrected chi connectivity index (χ1v) is 9.20. The van der Waals surface area contributed by atoms with E-state index in [9.17, 15) is 18.4 Å². The number of rotatable bonds is 5. The summed E-state index contributed by atoms with van der Waals surface area (Å²) >= 11 is 1.23. The molecule has 29 heavy (non-hydrogen) atoms. The molecule has 0 saturated heterocycles. The highest BCUT2D eigenvalue weighted by atomic mass is 32.1. The lowest BCUT2D eigenvalue weighted by atomic mass is 10.0. The predicted octanol–water partition coefficient (Wildman–Crippen LogP) is 5.49. The van der Waals surface area contributed by atoms with Crippen molar-refractivity contribution in [3.8, 4) is 39.5 Å². The van der Waals surface area contributed by atoms with E-state index in [2.05, 4.69) is 10.8 Å². The van der Waals surface area contributed by atoms with E-state index in [1.165, 1.54) is 29.5 Å². The van der Waals surface area contributed by atoms with E-state index < -0.39 is 6.36 Å². The van der Waals surface area contributed by atoms with Gasteiger partial charge < -0.3 is 18.9 Å². The molecule has 1 aliphatic rings. The number of alkyl halides is 3. The second-order valence-corrected chi connectivity index (χ2v) is 6.82. The van der Waals surface area contributed by atoms with Gasteiger partial charge in [-0.3, -0.25) is 0 Å². The summed E-state index contributed by atoms with van der Waals surface area (Å²) in [6, 6.07) is 13.0. The maximum atomic E-state index is 12.4. The van der Waals surface area contributed by atoms with Crippen LogP contribution in [-0.4, -0.2) is 13.2 Å². The van der Waals surface area contributed by atoms with Gasteiger partial charge in [0.05, 0.1) is 0 Å². The third-order valence-electron chi connectivity index (χ3n) is 4.05. The average Bonchev–Trinajstić information content (AvgIpc) is 3.31. The quantitative estimate of drug-likeness (QED) is 0.547. The first kappa shape index (κ1) is 19.0. The fraction of sp³-hybridized carbons (Fsp3) is 0.150. The van der Waals surface area contributed by atoms with E-state index in [1.807, 2.05) is 6.07 Å². The summed E-state index contributed by atoms with van der Waals surface area (Å²) in [5.41, 5.74) is 2.28. The molecule has 0 saturated carbocycles. The fourth-order valence-electron chi connectivity index (χ4n) is 2.81. The van der Waals surface area contributed by atoms with Gasteiger partial charge in [-0.05, 0) is 35.4 Å². The maximum absolute atomic E-state index is 12.4. The van der Waals surface area contributed by atoms with Crippen molar-refractivity contribution in [3.63, 3.8) is 0 Å². The van der Waals surface area contributed by atoms with E-state index in [4.69, 9.17) is 14.2 Å². The largest absolute Gasteiger partial charge is 0.573 e. The standard InChI is InChI=1S/C20H12F3NO4S/c21-20(22,23)28-14-3-1-2-12(6-14)9-25-19-15(8-24)16(10-29-19)13-4-5-17-18(7-13)27-11-26-17/h1-7,10H,9,11H2. The number of nitrogens with zero attached hydrogens (tertiary/aromatic N) is 1. The van der Waals surface area contributed by atoms with Crippen LogP contribution in [0.15, 0.2) is 47.8 Å². The molecule has 0 aliphatic carbocycles. The summed E-state index contributed by atoms with van der Waals surface area (Å²) in [7, 11) is 0. The molecule has 2 aromatic carbocycles. The van der Waals surface area contributed by atoms with Gasteiger partial charge in [-0.1, -0.05) is 18.2 Å². The van der Waals surface area contributed by atoms with Crippen molar-refractivity contribution in [2.24, 2.45) is 0 Å². The third kappa shape index (κ3) is 4.22. The summed E-state index contributed by atoms with van der Waals surface area (Å²) in [6.45, 7) is 0.143. The molecule has 0 amide bonds. The smallest absolute Gasteiger partial charge is 0.478 e. The highest BCUT2D eigenvalue weighted by molar-refractivity contribution is 7.12. The van der Waals surface area contributed by atoms with Gasteiger partial charge in [0.25, 0.3) is 0 Å². The Kier molecular flexibility index (Phi) is 4.94. The van der Waals surface area contributed by atoms with Crippen LogP contribution in [0.3, 0.4) is 0 Å². The van der Waals surface area contributed by atoms with Crippen LogP contribution >= 0.6 is 11.3 Å². The molecular weight excluding hydrogens is 407 g/mol. The first-order chi connectivity index (χ1) is 13.9. The van der Waals surface area contributed by atoms with Crippen LogP contribution in [0.1, 0.15) is 11.1 Å². The molecule has 0 unspecified atom stereocenters. The van der Waals surface area contributed by atoms with Gasteiger partial charge in [0.1, 0.15) is 24.0 Å². The molecule has 0 atom stereocenters. The number of benzene rings is 2. The van der Waals surface area contributed by atoms with Gasteiger partial charge in [0.2, 0.25) is 6.79 Å². The first-order valence-electron chi connectivity index (χ1n) is 8.32. The van der Waals surface area contributed by atoms with E-state index in [-0.39, 0.29) is 19.1 Å². The summed E-state index contributed by atoms with van der Waals surface area (Å²) in [5, 5.41) is 11.8. The van der Waals surface area contributed by atoms with E-state index >= 15 is 0 Å². The van der Waals surface area contributed by atoms with Crippen molar-refractivity contribution in [2.75, 3.05) is 6.79 Å². The Bertz CT molecular complexity index is 1090. The highest BCUT2D eigenvalue weighted by Crippen LogP contribution is 2.41. The molecule has 1 aliphatic heterocycles. The SMILES string of the molecule is N#Cc1c(-c2ccc3c(c2)OCO3)csc1OCc1cccc(OC(F)(F)F)c1. The third-order valence-corrected chi connectivity index (χ3v) is 4.94. The zero-order valence-electron chi connectivity index (χ0n) is 14.7. The van der Waals surface area contributed by atoms with Crippen LogP contribution in [0.5, 0.6) is 22.3 Å². The number of halogens is 3. The second-order valence-electron chi connectivity index (χ2n) is 5.98. The number of thiophene rings is 1. The number of hydrogen-bond donors (Lipinski definition) is 0. The Labute approximate surface area is 167 Å². The normalized spacial score (nSPS) is 12.5. The molecule has 9 heteroatoms. The van der Waals surface area contributed by atoms with E-state index in [0.717, 1.165) is 5.56 Å². The van der Waals surface area contributed by atoms with Crippen molar-refractivity contribution in [1.82, 2.24) is 0 Å². The van der Waals surface area contributed by atoms with Crippen LogP contribution in [-0.2, 0) is 6.61 Å². The van der Waals surface area contributed by atoms with Crippen LogP contribution in [0, 0.1) is 11.3 Å².